The van der Waals surface area contributed by atoms with Gasteiger partial charge < -0.3 is 5.73 Å². The highest BCUT2D eigenvalue weighted by molar-refractivity contribution is 5.89. The molecule has 0 bridgehead atoms. The number of aromatic amines is 1. The zero-order valence-electron chi connectivity index (χ0n) is 9.11. The lowest BCUT2D eigenvalue weighted by atomic mass is 10.3. The zero-order valence-corrected chi connectivity index (χ0v) is 9.11. The van der Waals surface area contributed by atoms with Crippen molar-refractivity contribution in [3.05, 3.63) is 35.8 Å². The quantitative estimate of drug-likeness (QED) is 0.670. The smallest absolute Gasteiger partial charge is 0.186 e. The largest absolute Gasteiger partial charge is 0.383 e. The van der Waals surface area contributed by atoms with Crippen molar-refractivity contribution in [2.45, 2.75) is 6.92 Å². The summed E-state index contributed by atoms with van der Waals surface area (Å²) in [6, 6.07) is 6.06. The standard InChI is InChI=1S/C11H10FN5/c1-6-9-10(13)14-15-11(9)17(16-6)8-4-2-7(12)3-5-8/h2-5H,1H3,(H3,13,14,15). The summed E-state index contributed by atoms with van der Waals surface area (Å²) >= 11 is 0. The molecule has 0 aliphatic heterocycles. The normalized spacial score (nSPS) is 11.2. The predicted octanol–water partition coefficient (Wildman–Crippen LogP) is 1.78. The monoisotopic (exact) mass is 231 g/mol. The molecule has 0 atom stereocenters. The van der Waals surface area contributed by atoms with Gasteiger partial charge in [0.15, 0.2) is 5.65 Å². The van der Waals surface area contributed by atoms with E-state index < -0.39 is 0 Å². The van der Waals surface area contributed by atoms with Crippen LogP contribution in [0.1, 0.15) is 5.69 Å². The lowest BCUT2D eigenvalue weighted by molar-refractivity contribution is 0.627. The molecule has 3 rings (SSSR count). The number of hydrogen-bond acceptors (Lipinski definition) is 3. The Labute approximate surface area is 96.0 Å². The van der Waals surface area contributed by atoms with Gasteiger partial charge in [0.05, 0.1) is 16.8 Å². The van der Waals surface area contributed by atoms with Gasteiger partial charge in [0.1, 0.15) is 11.6 Å². The molecule has 86 valence electrons. The molecule has 0 spiro atoms. The highest BCUT2D eigenvalue weighted by atomic mass is 19.1. The number of benzene rings is 1. The Morgan fingerprint density at radius 2 is 2.00 bits per heavy atom. The summed E-state index contributed by atoms with van der Waals surface area (Å²) in [4.78, 5) is 0. The molecular formula is C11H10FN5. The number of aromatic nitrogens is 4. The molecule has 0 aliphatic carbocycles. The van der Waals surface area contributed by atoms with E-state index in [1.165, 1.54) is 12.1 Å². The Morgan fingerprint density at radius 3 is 2.71 bits per heavy atom. The minimum Gasteiger partial charge on any atom is -0.383 e. The maximum Gasteiger partial charge on any atom is 0.186 e. The van der Waals surface area contributed by atoms with Crippen LogP contribution in [0.2, 0.25) is 0 Å². The van der Waals surface area contributed by atoms with Gasteiger partial charge in [-0.25, -0.2) is 9.07 Å². The van der Waals surface area contributed by atoms with E-state index in [2.05, 4.69) is 15.3 Å². The predicted molar refractivity (Wildman–Crippen MR) is 62.3 cm³/mol. The van der Waals surface area contributed by atoms with E-state index in [-0.39, 0.29) is 5.82 Å². The number of nitrogens with one attached hydrogen (secondary N) is 1. The summed E-state index contributed by atoms with van der Waals surface area (Å²) in [5.41, 5.74) is 7.94. The third-order valence-corrected chi connectivity index (χ3v) is 2.66. The lowest BCUT2D eigenvalue weighted by Crippen LogP contribution is -1.97. The SMILES string of the molecule is Cc1nn(-c2ccc(F)cc2)c2n[nH]c(N)c12. The summed E-state index contributed by atoms with van der Waals surface area (Å²) in [7, 11) is 0. The van der Waals surface area contributed by atoms with Gasteiger partial charge in [-0.2, -0.15) is 10.2 Å². The molecule has 0 fully saturated rings. The summed E-state index contributed by atoms with van der Waals surface area (Å²) in [5.74, 6) is 0.210. The molecule has 0 saturated carbocycles. The third kappa shape index (κ3) is 1.37. The Kier molecular flexibility index (Phi) is 1.91. The second-order valence-corrected chi connectivity index (χ2v) is 3.81. The molecule has 0 radical (unpaired) electrons. The fourth-order valence-electron chi connectivity index (χ4n) is 1.87. The molecule has 0 unspecified atom stereocenters. The minimum atomic E-state index is -0.282. The van der Waals surface area contributed by atoms with Crippen molar-refractivity contribution in [1.82, 2.24) is 20.0 Å². The number of nitrogen functional groups attached to an aromatic ring is 1. The maximum atomic E-state index is 12.9. The topological polar surface area (TPSA) is 72.5 Å². The highest BCUT2D eigenvalue weighted by Gasteiger charge is 2.14. The van der Waals surface area contributed by atoms with Crippen LogP contribution in [0, 0.1) is 12.7 Å². The van der Waals surface area contributed by atoms with Gasteiger partial charge in [0.2, 0.25) is 0 Å². The lowest BCUT2D eigenvalue weighted by Gasteiger charge is -2.00. The number of fused-ring (bicyclic) bond motifs is 1. The van der Waals surface area contributed by atoms with E-state index >= 15 is 0 Å². The molecule has 2 heterocycles. The Morgan fingerprint density at radius 1 is 1.29 bits per heavy atom. The van der Waals surface area contributed by atoms with Crippen LogP contribution in [0.15, 0.2) is 24.3 Å². The van der Waals surface area contributed by atoms with Gasteiger partial charge >= 0.3 is 0 Å². The molecule has 3 aromatic rings. The van der Waals surface area contributed by atoms with Crippen molar-refractivity contribution in [3.8, 4) is 5.69 Å². The second-order valence-electron chi connectivity index (χ2n) is 3.81. The van der Waals surface area contributed by atoms with Crippen molar-refractivity contribution in [2.75, 3.05) is 5.73 Å². The first kappa shape index (κ1) is 9.83. The Balaban J connectivity index is 2.27. The van der Waals surface area contributed by atoms with Gasteiger partial charge in [-0.3, -0.25) is 5.10 Å². The fraction of sp³-hybridized carbons (Fsp3) is 0.0909. The number of anilines is 1. The van der Waals surface area contributed by atoms with Crippen LogP contribution in [0.25, 0.3) is 16.7 Å². The van der Waals surface area contributed by atoms with E-state index in [4.69, 9.17) is 5.73 Å². The van der Waals surface area contributed by atoms with E-state index in [0.717, 1.165) is 16.8 Å². The third-order valence-electron chi connectivity index (χ3n) is 2.66. The highest BCUT2D eigenvalue weighted by Crippen LogP contribution is 2.24. The van der Waals surface area contributed by atoms with Crippen LogP contribution in [0.5, 0.6) is 0 Å². The number of nitrogens with zero attached hydrogens (tertiary/aromatic N) is 3. The average molecular weight is 231 g/mol. The molecular weight excluding hydrogens is 221 g/mol. The van der Waals surface area contributed by atoms with E-state index in [0.29, 0.717) is 11.5 Å². The molecule has 6 heteroatoms. The van der Waals surface area contributed by atoms with Crippen LogP contribution >= 0.6 is 0 Å². The first-order chi connectivity index (χ1) is 8.16. The molecule has 0 aliphatic rings. The minimum absolute atomic E-state index is 0.282. The van der Waals surface area contributed by atoms with E-state index in [1.54, 1.807) is 16.8 Å². The molecule has 3 N–H and O–H groups in total. The first-order valence-electron chi connectivity index (χ1n) is 5.12. The molecule has 1 aromatic carbocycles. The van der Waals surface area contributed by atoms with Gasteiger partial charge in [0, 0.05) is 0 Å². The zero-order chi connectivity index (χ0) is 12.0. The van der Waals surface area contributed by atoms with Gasteiger partial charge in [0.25, 0.3) is 0 Å². The second kappa shape index (κ2) is 3.31. The number of H-pyrrole nitrogens is 1. The fourth-order valence-corrected chi connectivity index (χ4v) is 1.87. The van der Waals surface area contributed by atoms with E-state index in [9.17, 15) is 4.39 Å². The first-order valence-corrected chi connectivity index (χ1v) is 5.12. The Bertz CT molecular complexity index is 680. The van der Waals surface area contributed by atoms with Gasteiger partial charge in [-0.15, -0.1) is 0 Å². The van der Waals surface area contributed by atoms with Crippen molar-refractivity contribution < 1.29 is 4.39 Å². The number of halogens is 1. The van der Waals surface area contributed by atoms with Crippen LogP contribution in [-0.2, 0) is 0 Å². The van der Waals surface area contributed by atoms with Crippen molar-refractivity contribution in [2.24, 2.45) is 0 Å². The van der Waals surface area contributed by atoms with E-state index in [1.807, 2.05) is 6.92 Å². The molecule has 2 aromatic heterocycles. The van der Waals surface area contributed by atoms with Crippen molar-refractivity contribution >= 4 is 16.9 Å². The van der Waals surface area contributed by atoms with Crippen molar-refractivity contribution in [3.63, 3.8) is 0 Å². The van der Waals surface area contributed by atoms with Crippen LogP contribution < -0.4 is 5.73 Å². The number of rotatable bonds is 1. The molecule has 5 nitrogen and oxygen atoms in total. The van der Waals surface area contributed by atoms with Crippen LogP contribution in [0.3, 0.4) is 0 Å². The van der Waals surface area contributed by atoms with Gasteiger partial charge in [-0.1, -0.05) is 0 Å². The molecule has 17 heavy (non-hydrogen) atoms. The summed E-state index contributed by atoms with van der Waals surface area (Å²) in [6.07, 6.45) is 0. The van der Waals surface area contributed by atoms with Crippen molar-refractivity contribution in [1.29, 1.82) is 0 Å². The number of hydrogen-bond donors (Lipinski definition) is 2. The number of aryl methyl sites for hydroxylation is 1. The maximum absolute atomic E-state index is 12.9. The Hall–Kier alpha value is -2.37. The van der Waals surface area contributed by atoms with Crippen LogP contribution in [0.4, 0.5) is 10.2 Å². The van der Waals surface area contributed by atoms with Crippen LogP contribution in [-0.4, -0.2) is 20.0 Å². The van der Waals surface area contributed by atoms with Gasteiger partial charge in [-0.05, 0) is 31.2 Å². The summed E-state index contributed by atoms with van der Waals surface area (Å²) in [6.45, 7) is 1.86. The average Bonchev–Trinajstić information content (AvgIpc) is 2.83. The molecule has 0 saturated heterocycles. The summed E-state index contributed by atoms with van der Waals surface area (Å²) in [5, 5.41) is 11.9. The summed E-state index contributed by atoms with van der Waals surface area (Å²) < 4.78 is 14.5. The molecule has 0 amide bonds. The number of nitrogens with two attached hydrogens (primary N) is 1.